The summed E-state index contributed by atoms with van der Waals surface area (Å²) in [4.78, 5) is 28.1. The minimum absolute atomic E-state index is 0.108. The lowest BCUT2D eigenvalue weighted by molar-refractivity contribution is -0.141. The Morgan fingerprint density at radius 3 is 2.16 bits per heavy atom. The Labute approximate surface area is 185 Å². The van der Waals surface area contributed by atoms with Crippen LogP contribution in [-0.2, 0) is 22.6 Å². The molecule has 31 heavy (non-hydrogen) atoms. The van der Waals surface area contributed by atoms with Crippen molar-refractivity contribution in [2.75, 3.05) is 14.2 Å². The van der Waals surface area contributed by atoms with Crippen LogP contribution in [0, 0.1) is 0 Å². The Balaban J connectivity index is 2.31. The highest BCUT2D eigenvalue weighted by atomic mass is 16.5. The van der Waals surface area contributed by atoms with Crippen LogP contribution >= 0.6 is 0 Å². The van der Waals surface area contributed by atoms with Gasteiger partial charge in [0.25, 0.3) is 0 Å². The Bertz CT molecular complexity index is 872. The Morgan fingerprint density at radius 1 is 0.968 bits per heavy atom. The smallest absolute Gasteiger partial charge is 0.243 e. The zero-order chi connectivity index (χ0) is 23.0. The molecule has 0 radical (unpaired) electrons. The number of nitrogens with zero attached hydrogens (tertiary/aromatic N) is 1. The Hall–Kier alpha value is -3.02. The third-order valence-electron chi connectivity index (χ3n) is 4.89. The zero-order valence-electron chi connectivity index (χ0n) is 19.4. The van der Waals surface area contributed by atoms with Gasteiger partial charge in [-0.3, -0.25) is 9.59 Å². The lowest BCUT2D eigenvalue weighted by Crippen LogP contribution is -2.53. The highest BCUT2D eigenvalue weighted by Gasteiger charge is 2.30. The number of benzene rings is 2. The van der Waals surface area contributed by atoms with Crippen molar-refractivity contribution in [3.63, 3.8) is 0 Å². The molecular formula is C25H34N2O4. The third kappa shape index (κ3) is 7.31. The van der Waals surface area contributed by atoms with Crippen molar-refractivity contribution in [3.05, 3.63) is 59.7 Å². The van der Waals surface area contributed by atoms with Crippen molar-refractivity contribution in [2.24, 2.45) is 0 Å². The molecule has 168 valence electrons. The number of carbonyl (C=O) groups excluding carboxylic acids is 2. The van der Waals surface area contributed by atoms with E-state index in [1.54, 1.807) is 19.1 Å². The van der Waals surface area contributed by atoms with Gasteiger partial charge in [-0.25, -0.2) is 0 Å². The summed E-state index contributed by atoms with van der Waals surface area (Å²) in [5.41, 5.74) is 1.39. The van der Waals surface area contributed by atoms with Crippen LogP contribution in [0.4, 0.5) is 0 Å². The van der Waals surface area contributed by atoms with Crippen LogP contribution in [0.2, 0.25) is 0 Å². The molecular weight excluding hydrogens is 392 g/mol. The van der Waals surface area contributed by atoms with Crippen molar-refractivity contribution in [1.82, 2.24) is 10.2 Å². The summed E-state index contributed by atoms with van der Waals surface area (Å²) >= 11 is 0. The van der Waals surface area contributed by atoms with E-state index in [1.165, 1.54) is 0 Å². The molecule has 0 saturated carbocycles. The maximum Gasteiger partial charge on any atom is 0.243 e. The first-order valence-electron chi connectivity index (χ1n) is 10.5. The highest BCUT2D eigenvalue weighted by Crippen LogP contribution is 2.19. The van der Waals surface area contributed by atoms with Crippen LogP contribution in [0.1, 0.15) is 45.2 Å². The van der Waals surface area contributed by atoms with Crippen LogP contribution in [-0.4, -0.2) is 42.5 Å². The SMILES string of the molecule is CC[C@@H](C(=O)NC(C)(C)C)N(Cc1cccc(OC)c1)C(=O)Cc1ccc(OC)cc1. The number of rotatable bonds is 9. The second-order valence-electron chi connectivity index (χ2n) is 8.56. The largest absolute Gasteiger partial charge is 0.497 e. The van der Waals surface area contributed by atoms with Crippen molar-refractivity contribution in [2.45, 2.75) is 58.7 Å². The molecule has 0 bridgehead atoms. The molecule has 0 heterocycles. The van der Waals surface area contributed by atoms with Gasteiger partial charge < -0.3 is 19.7 Å². The molecule has 1 atom stereocenters. The zero-order valence-corrected chi connectivity index (χ0v) is 19.4. The lowest BCUT2D eigenvalue weighted by Gasteiger charge is -2.33. The van der Waals surface area contributed by atoms with E-state index in [1.807, 2.05) is 76.2 Å². The third-order valence-corrected chi connectivity index (χ3v) is 4.89. The standard InChI is InChI=1S/C25H34N2O4/c1-7-22(24(29)26-25(2,3)4)27(17-19-9-8-10-21(15-19)31-6)23(28)16-18-11-13-20(30-5)14-12-18/h8-15,22H,7,16-17H2,1-6H3,(H,26,29)/t22-/m0/s1. The van der Waals surface area contributed by atoms with E-state index < -0.39 is 6.04 Å². The fourth-order valence-electron chi connectivity index (χ4n) is 3.36. The van der Waals surface area contributed by atoms with Crippen molar-refractivity contribution >= 4 is 11.8 Å². The number of hydrogen-bond acceptors (Lipinski definition) is 4. The van der Waals surface area contributed by atoms with Gasteiger partial charge in [0.1, 0.15) is 17.5 Å². The van der Waals surface area contributed by atoms with E-state index in [4.69, 9.17) is 9.47 Å². The average Bonchev–Trinajstić information content (AvgIpc) is 2.73. The summed E-state index contributed by atoms with van der Waals surface area (Å²) in [6.07, 6.45) is 0.716. The van der Waals surface area contributed by atoms with Gasteiger partial charge in [-0.2, -0.15) is 0 Å². The monoisotopic (exact) mass is 426 g/mol. The Morgan fingerprint density at radius 2 is 1.61 bits per heavy atom. The molecule has 6 heteroatoms. The van der Waals surface area contributed by atoms with Gasteiger partial charge in [0.15, 0.2) is 0 Å². The quantitative estimate of drug-likeness (QED) is 0.659. The number of ether oxygens (including phenoxy) is 2. The molecule has 2 rings (SSSR count). The topological polar surface area (TPSA) is 67.9 Å². The number of nitrogens with one attached hydrogen (secondary N) is 1. The summed E-state index contributed by atoms with van der Waals surface area (Å²) in [5, 5.41) is 3.02. The number of methoxy groups -OCH3 is 2. The summed E-state index contributed by atoms with van der Waals surface area (Å²) < 4.78 is 10.5. The minimum atomic E-state index is -0.573. The first-order chi connectivity index (χ1) is 14.7. The Kier molecular flexibility index (Phi) is 8.48. The van der Waals surface area contributed by atoms with Crippen molar-refractivity contribution < 1.29 is 19.1 Å². The maximum atomic E-state index is 13.4. The molecule has 0 aromatic heterocycles. The maximum absolute atomic E-state index is 13.4. The summed E-state index contributed by atoms with van der Waals surface area (Å²) in [7, 11) is 3.22. The van der Waals surface area contributed by atoms with Gasteiger partial charge in [0.2, 0.25) is 11.8 Å². The summed E-state index contributed by atoms with van der Waals surface area (Å²) in [6.45, 7) is 8.05. The van der Waals surface area contributed by atoms with Gasteiger partial charge in [-0.15, -0.1) is 0 Å². The molecule has 0 saturated heterocycles. The second-order valence-corrected chi connectivity index (χ2v) is 8.56. The molecule has 2 amide bonds. The average molecular weight is 427 g/mol. The fourth-order valence-corrected chi connectivity index (χ4v) is 3.36. The van der Waals surface area contributed by atoms with Gasteiger partial charge in [-0.05, 0) is 62.6 Å². The van der Waals surface area contributed by atoms with E-state index in [0.29, 0.717) is 18.7 Å². The predicted octanol–water partition coefficient (Wildman–Crippen LogP) is 3.97. The minimum Gasteiger partial charge on any atom is -0.497 e. The molecule has 1 N–H and O–H groups in total. The van der Waals surface area contributed by atoms with E-state index in [9.17, 15) is 9.59 Å². The van der Waals surface area contributed by atoms with Crippen LogP contribution in [0.3, 0.4) is 0 Å². The first-order valence-corrected chi connectivity index (χ1v) is 10.5. The molecule has 0 unspecified atom stereocenters. The van der Waals surface area contributed by atoms with Crippen LogP contribution in [0.25, 0.3) is 0 Å². The van der Waals surface area contributed by atoms with E-state index in [2.05, 4.69) is 5.32 Å². The number of hydrogen-bond donors (Lipinski definition) is 1. The van der Waals surface area contributed by atoms with Crippen molar-refractivity contribution in [3.8, 4) is 11.5 Å². The molecule has 0 spiro atoms. The van der Waals surface area contributed by atoms with Crippen LogP contribution in [0.15, 0.2) is 48.5 Å². The highest BCUT2D eigenvalue weighted by molar-refractivity contribution is 5.88. The molecule has 0 aliphatic rings. The van der Waals surface area contributed by atoms with Gasteiger partial charge in [0.05, 0.1) is 20.6 Å². The molecule has 0 aliphatic carbocycles. The molecule has 0 aliphatic heterocycles. The fraction of sp³-hybridized carbons (Fsp3) is 0.440. The van der Waals surface area contributed by atoms with E-state index in [-0.39, 0.29) is 23.8 Å². The number of carbonyl (C=O) groups is 2. The van der Waals surface area contributed by atoms with Crippen molar-refractivity contribution in [1.29, 1.82) is 0 Å². The first kappa shape index (κ1) is 24.3. The van der Waals surface area contributed by atoms with Gasteiger partial charge >= 0.3 is 0 Å². The van der Waals surface area contributed by atoms with Crippen LogP contribution in [0.5, 0.6) is 11.5 Å². The van der Waals surface area contributed by atoms with Gasteiger partial charge in [0, 0.05) is 12.1 Å². The normalized spacial score (nSPS) is 12.1. The summed E-state index contributed by atoms with van der Waals surface area (Å²) in [6, 6.07) is 14.4. The molecule has 0 fully saturated rings. The van der Waals surface area contributed by atoms with Gasteiger partial charge in [-0.1, -0.05) is 31.2 Å². The summed E-state index contributed by atoms with van der Waals surface area (Å²) in [5.74, 6) is 1.19. The second kappa shape index (κ2) is 10.8. The molecule has 2 aromatic carbocycles. The molecule has 6 nitrogen and oxygen atoms in total. The lowest BCUT2D eigenvalue weighted by atomic mass is 10.0. The predicted molar refractivity (Wildman–Crippen MR) is 122 cm³/mol. The van der Waals surface area contributed by atoms with E-state index >= 15 is 0 Å². The molecule has 2 aromatic rings. The van der Waals surface area contributed by atoms with Crippen LogP contribution < -0.4 is 14.8 Å². The van der Waals surface area contributed by atoms with E-state index in [0.717, 1.165) is 16.9 Å². The number of amides is 2.